The van der Waals surface area contributed by atoms with Gasteiger partial charge in [0, 0.05) is 17.6 Å². The molecule has 2 N–H and O–H groups in total. The second-order valence-electron chi connectivity index (χ2n) is 7.94. The standard InChI is InChI=1S/C21H20BrN5O2S/c1-21(2)11-13-18(19(28)26-21)30-20(24-13)27-8-9-29-15-7-6-12(10-14(15)27)23-17-5-3-4-16(22)25-17/h3-7,10H,8-9,11H2,1-2H3,(H,23,25)(H,26,28). The Hall–Kier alpha value is -2.65. The first kappa shape index (κ1) is 19.3. The van der Waals surface area contributed by atoms with E-state index in [2.05, 4.69) is 36.4 Å². The van der Waals surface area contributed by atoms with Crippen LogP contribution in [0.3, 0.4) is 0 Å². The van der Waals surface area contributed by atoms with Crippen molar-refractivity contribution in [3.8, 4) is 5.75 Å². The highest BCUT2D eigenvalue weighted by molar-refractivity contribution is 9.10. The van der Waals surface area contributed by atoms with Gasteiger partial charge in [0.2, 0.25) is 0 Å². The molecule has 1 aromatic carbocycles. The molecule has 7 nitrogen and oxygen atoms in total. The summed E-state index contributed by atoms with van der Waals surface area (Å²) in [6.45, 7) is 5.27. The highest BCUT2D eigenvalue weighted by Crippen LogP contribution is 2.42. The molecule has 0 saturated heterocycles. The average molecular weight is 486 g/mol. The van der Waals surface area contributed by atoms with Crippen molar-refractivity contribution < 1.29 is 9.53 Å². The van der Waals surface area contributed by atoms with Crippen molar-refractivity contribution in [1.29, 1.82) is 0 Å². The molecule has 2 aromatic heterocycles. The van der Waals surface area contributed by atoms with Gasteiger partial charge < -0.3 is 20.3 Å². The van der Waals surface area contributed by atoms with E-state index in [9.17, 15) is 4.79 Å². The summed E-state index contributed by atoms with van der Waals surface area (Å²) < 4.78 is 6.63. The van der Waals surface area contributed by atoms with E-state index in [1.807, 2.05) is 50.2 Å². The first-order valence-electron chi connectivity index (χ1n) is 9.64. The normalized spacial score (nSPS) is 16.9. The van der Waals surface area contributed by atoms with Gasteiger partial charge in [0.15, 0.2) is 5.13 Å². The molecule has 1 amide bonds. The van der Waals surface area contributed by atoms with E-state index in [-0.39, 0.29) is 11.4 Å². The quantitative estimate of drug-likeness (QED) is 0.526. The van der Waals surface area contributed by atoms with Crippen molar-refractivity contribution in [3.05, 3.63) is 51.6 Å². The lowest BCUT2D eigenvalue weighted by Gasteiger charge is -2.29. The van der Waals surface area contributed by atoms with E-state index in [1.54, 1.807) is 0 Å². The van der Waals surface area contributed by atoms with Gasteiger partial charge in [0.05, 0.1) is 17.9 Å². The van der Waals surface area contributed by atoms with Crippen LogP contribution in [0.25, 0.3) is 0 Å². The lowest BCUT2D eigenvalue weighted by Crippen LogP contribution is -2.48. The summed E-state index contributed by atoms with van der Waals surface area (Å²) in [6, 6.07) is 11.7. The smallest absolute Gasteiger partial charge is 0.263 e. The lowest BCUT2D eigenvalue weighted by atomic mass is 9.94. The maximum absolute atomic E-state index is 12.5. The van der Waals surface area contributed by atoms with Crippen molar-refractivity contribution in [2.24, 2.45) is 0 Å². The lowest BCUT2D eigenvalue weighted by molar-refractivity contribution is 0.0901. The SMILES string of the molecule is CC1(C)Cc2nc(N3CCOc4ccc(Nc5cccc(Br)n5)cc43)sc2C(=O)N1. The summed E-state index contributed by atoms with van der Waals surface area (Å²) in [5.74, 6) is 1.50. The number of benzene rings is 1. The number of nitrogens with zero attached hydrogens (tertiary/aromatic N) is 3. The number of thiazole rings is 1. The number of nitrogens with one attached hydrogen (secondary N) is 2. The van der Waals surface area contributed by atoms with Crippen LogP contribution in [0.15, 0.2) is 41.0 Å². The number of fused-ring (bicyclic) bond motifs is 2. The number of pyridine rings is 1. The number of ether oxygens (including phenoxy) is 1. The fraction of sp³-hybridized carbons (Fsp3) is 0.286. The van der Waals surface area contributed by atoms with Crippen molar-refractivity contribution in [3.63, 3.8) is 0 Å². The molecular formula is C21H20BrN5O2S. The Balaban J connectivity index is 1.49. The number of carbonyl (C=O) groups is 1. The van der Waals surface area contributed by atoms with Crippen LogP contribution in [0.5, 0.6) is 5.75 Å². The predicted octanol–water partition coefficient (Wildman–Crippen LogP) is 4.64. The number of hydrogen-bond acceptors (Lipinski definition) is 7. The molecular weight excluding hydrogens is 466 g/mol. The van der Waals surface area contributed by atoms with Crippen LogP contribution >= 0.6 is 27.3 Å². The second kappa shape index (κ2) is 7.24. The van der Waals surface area contributed by atoms with E-state index in [0.29, 0.717) is 18.0 Å². The Labute approximate surface area is 186 Å². The van der Waals surface area contributed by atoms with Crippen LogP contribution in [0.1, 0.15) is 29.2 Å². The van der Waals surface area contributed by atoms with Crippen molar-refractivity contribution >= 4 is 55.5 Å². The third kappa shape index (κ3) is 3.63. The number of hydrogen-bond donors (Lipinski definition) is 2. The van der Waals surface area contributed by atoms with Gasteiger partial charge in [-0.3, -0.25) is 4.79 Å². The molecule has 30 heavy (non-hydrogen) atoms. The van der Waals surface area contributed by atoms with Gasteiger partial charge in [0.1, 0.15) is 27.7 Å². The molecule has 0 fully saturated rings. The fourth-order valence-corrected chi connectivity index (χ4v) is 5.06. The number of halogens is 1. The molecule has 0 atom stereocenters. The first-order chi connectivity index (χ1) is 14.4. The number of rotatable bonds is 3. The highest BCUT2D eigenvalue weighted by Gasteiger charge is 2.34. The number of aromatic nitrogens is 2. The fourth-order valence-electron chi connectivity index (χ4n) is 3.70. The van der Waals surface area contributed by atoms with Crippen LogP contribution in [0.4, 0.5) is 22.3 Å². The van der Waals surface area contributed by atoms with E-state index in [0.717, 1.165) is 44.8 Å². The molecule has 0 saturated carbocycles. The Bertz CT molecular complexity index is 1150. The van der Waals surface area contributed by atoms with Crippen molar-refractivity contribution in [1.82, 2.24) is 15.3 Å². The average Bonchev–Trinajstić information content (AvgIpc) is 3.10. The third-order valence-corrected chi connectivity index (χ3v) is 6.56. The Morgan fingerprint density at radius 2 is 2.13 bits per heavy atom. The zero-order valence-electron chi connectivity index (χ0n) is 16.5. The van der Waals surface area contributed by atoms with Gasteiger partial charge in [-0.25, -0.2) is 9.97 Å². The maximum atomic E-state index is 12.5. The predicted molar refractivity (Wildman–Crippen MR) is 122 cm³/mol. The molecule has 0 aliphatic carbocycles. The largest absolute Gasteiger partial charge is 0.490 e. The molecule has 9 heteroatoms. The van der Waals surface area contributed by atoms with Crippen LogP contribution in [0, 0.1) is 0 Å². The summed E-state index contributed by atoms with van der Waals surface area (Å²) in [7, 11) is 0. The van der Waals surface area contributed by atoms with Crippen molar-refractivity contribution in [2.75, 3.05) is 23.4 Å². The molecule has 3 aromatic rings. The summed E-state index contributed by atoms with van der Waals surface area (Å²) in [6.07, 6.45) is 0.720. The Morgan fingerprint density at radius 1 is 1.27 bits per heavy atom. The molecule has 154 valence electrons. The molecule has 4 heterocycles. The van der Waals surface area contributed by atoms with Gasteiger partial charge >= 0.3 is 0 Å². The molecule has 0 radical (unpaired) electrons. The van der Waals surface area contributed by atoms with Gasteiger partial charge in [-0.05, 0) is 60.1 Å². The third-order valence-electron chi connectivity index (χ3n) is 4.99. The van der Waals surface area contributed by atoms with Gasteiger partial charge in [-0.1, -0.05) is 17.4 Å². The Kier molecular flexibility index (Phi) is 4.67. The molecule has 2 aliphatic rings. The van der Waals surface area contributed by atoms with Gasteiger partial charge in [0.25, 0.3) is 5.91 Å². The molecule has 5 rings (SSSR count). The molecule has 0 bridgehead atoms. The van der Waals surface area contributed by atoms with E-state index >= 15 is 0 Å². The zero-order valence-corrected chi connectivity index (χ0v) is 18.9. The minimum atomic E-state index is -0.285. The monoisotopic (exact) mass is 485 g/mol. The number of anilines is 4. The molecule has 0 unspecified atom stereocenters. The number of amides is 1. The first-order valence-corrected chi connectivity index (χ1v) is 11.3. The van der Waals surface area contributed by atoms with Gasteiger partial charge in [-0.2, -0.15) is 0 Å². The van der Waals surface area contributed by atoms with E-state index in [4.69, 9.17) is 9.72 Å². The summed E-state index contributed by atoms with van der Waals surface area (Å²) in [5, 5.41) is 7.20. The summed E-state index contributed by atoms with van der Waals surface area (Å²) in [5.41, 5.74) is 2.40. The summed E-state index contributed by atoms with van der Waals surface area (Å²) in [4.78, 5) is 24.6. The Morgan fingerprint density at radius 3 is 2.97 bits per heavy atom. The highest BCUT2D eigenvalue weighted by atomic mass is 79.9. The van der Waals surface area contributed by atoms with Crippen molar-refractivity contribution in [2.45, 2.75) is 25.8 Å². The van der Waals surface area contributed by atoms with Crippen LogP contribution < -0.4 is 20.3 Å². The van der Waals surface area contributed by atoms with E-state index < -0.39 is 0 Å². The topological polar surface area (TPSA) is 79.4 Å². The van der Waals surface area contributed by atoms with Crippen LogP contribution in [-0.2, 0) is 6.42 Å². The maximum Gasteiger partial charge on any atom is 0.263 e. The molecule has 0 spiro atoms. The summed E-state index contributed by atoms with van der Waals surface area (Å²) >= 11 is 4.83. The van der Waals surface area contributed by atoms with Crippen LogP contribution in [0.2, 0.25) is 0 Å². The van der Waals surface area contributed by atoms with Crippen LogP contribution in [-0.4, -0.2) is 34.6 Å². The minimum absolute atomic E-state index is 0.0466. The molecule has 2 aliphatic heterocycles. The van der Waals surface area contributed by atoms with E-state index in [1.165, 1.54) is 11.3 Å². The minimum Gasteiger partial charge on any atom is -0.490 e. The van der Waals surface area contributed by atoms with Gasteiger partial charge in [-0.15, -0.1) is 0 Å². The second-order valence-corrected chi connectivity index (χ2v) is 9.73. The number of carbonyl (C=O) groups excluding carboxylic acids is 1. The zero-order chi connectivity index (χ0) is 20.9.